The third-order valence-electron chi connectivity index (χ3n) is 7.73. The monoisotopic (exact) mass is 534 g/mol. The standard InChI is InChI=1S/C30H40N4O3.C2H6/c1-30(2,3)37-29(36)21-9-11-22(12-10-21)32-28(35)27-25-7-6-8-26(24(25)13-16-31-27)34-19-14-23(15-20-34)33-17-4-5-18-33;1-2/h6-12,23,27,31H,4-5,13-20H2,1-3H3,(H,32,35);1-2H3. The number of rotatable bonds is 5. The van der Waals surface area contributed by atoms with Crippen LogP contribution in [-0.2, 0) is 16.0 Å². The fraction of sp³-hybridized carbons (Fsp3) is 0.562. The molecule has 5 rings (SSSR count). The minimum absolute atomic E-state index is 0.0872. The number of hydrogen-bond donors (Lipinski definition) is 2. The van der Waals surface area contributed by atoms with Crippen LogP contribution in [0.4, 0.5) is 11.4 Å². The number of benzene rings is 2. The van der Waals surface area contributed by atoms with Crippen LogP contribution in [0.5, 0.6) is 0 Å². The van der Waals surface area contributed by atoms with Crippen molar-refractivity contribution in [1.29, 1.82) is 0 Å². The zero-order chi connectivity index (χ0) is 28.0. The summed E-state index contributed by atoms with van der Waals surface area (Å²) in [6, 6.07) is 13.6. The lowest BCUT2D eigenvalue weighted by atomic mass is 9.91. The van der Waals surface area contributed by atoms with Crippen LogP contribution < -0.4 is 15.5 Å². The van der Waals surface area contributed by atoms with Crippen LogP contribution in [0, 0.1) is 0 Å². The van der Waals surface area contributed by atoms with Crippen LogP contribution in [0.1, 0.15) is 87.8 Å². The molecule has 0 saturated carbocycles. The molecule has 212 valence electrons. The normalized spacial score (nSPS) is 20.0. The summed E-state index contributed by atoms with van der Waals surface area (Å²) < 4.78 is 5.43. The number of fused-ring (bicyclic) bond motifs is 1. The Morgan fingerprint density at radius 3 is 2.26 bits per heavy atom. The molecule has 2 N–H and O–H groups in total. The molecule has 0 radical (unpaired) electrons. The zero-order valence-corrected chi connectivity index (χ0v) is 24.4. The fourth-order valence-electron chi connectivity index (χ4n) is 5.94. The maximum atomic E-state index is 13.3. The van der Waals surface area contributed by atoms with Crippen molar-refractivity contribution < 1.29 is 14.3 Å². The average molecular weight is 535 g/mol. The second-order valence-corrected chi connectivity index (χ2v) is 11.5. The van der Waals surface area contributed by atoms with E-state index in [0.717, 1.165) is 37.7 Å². The van der Waals surface area contributed by atoms with E-state index in [9.17, 15) is 9.59 Å². The molecular formula is C32H46N4O3. The van der Waals surface area contributed by atoms with Gasteiger partial charge in [0.1, 0.15) is 11.6 Å². The Morgan fingerprint density at radius 2 is 1.62 bits per heavy atom. The number of esters is 1. The molecule has 0 aliphatic carbocycles. The van der Waals surface area contributed by atoms with E-state index in [0.29, 0.717) is 11.3 Å². The van der Waals surface area contributed by atoms with E-state index in [1.54, 1.807) is 24.3 Å². The lowest BCUT2D eigenvalue weighted by Gasteiger charge is -2.39. The van der Waals surface area contributed by atoms with Gasteiger partial charge in [-0.2, -0.15) is 0 Å². The summed E-state index contributed by atoms with van der Waals surface area (Å²) >= 11 is 0. The maximum absolute atomic E-state index is 13.3. The van der Waals surface area contributed by atoms with E-state index in [2.05, 4.69) is 38.6 Å². The SMILES string of the molecule is CC.CC(C)(C)OC(=O)c1ccc(NC(=O)C2NCCc3c2cccc3N2CCC(N3CCCC3)CC2)cc1. The molecule has 3 heterocycles. The third kappa shape index (κ3) is 7.20. The van der Waals surface area contributed by atoms with E-state index >= 15 is 0 Å². The summed E-state index contributed by atoms with van der Waals surface area (Å²) in [6.45, 7) is 15.0. The highest BCUT2D eigenvalue weighted by atomic mass is 16.6. The van der Waals surface area contributed by atoms with Gasteiger partial charge in [-0.05, 0) is 107 Å². The van der Waals surface area contributed by atoms with Gasteiger partial charge >= 0.3 is 5.97 Å². The molecule has 2 aromatic carbocycles. The summed E-state index contributed by atoms with van der Waals surface area (Å²) in [5.41, 5.74) is 4.22. The summed E-state index contributed by atoms with van der Waals surface area (Å²) in [4.78, 5) is 30.8. The van der Waals surface area contributed by atoms with Gasteiger partial charge < -0.3 is 25.2 Å². The highest BCUT2D eigenvalue weighted by molar-refractivity contribution is 5.97. The molecule has 0 bridgehead atoms. The summed E-state index contributed by atoms with van der Waals surface area (Å²) in [5.74, 6) is -0.457. The van der Waals surface area contributed by atoms with Crippen LogP contribution in [-0.4, -0.2) is 61.1 Å². The Kier molecular flexibility index (Phi) is 9.67. The molecule has 7 heteroatoms. The highest BCUT2D eigenvalue weighted by Crippen LogP contribution is 2.34. The first-order valence-corrected chi connectivity index (χ1v) is 14.8. The van der Waals surface area contributed by atoms with Gasteiger partial charge in [0.15, 0.2) is 0 Å². The summed E-state index contributed by atoms with van der Waals surface area (Å²) in [7, 11) is 0. The molecule has 3 aliphatic rings. The Labute approximate surface area is 234 Å². The maximum Gasteiger partial charge on any atom is 0.338 e. The number of carbonyl (C=O) groups is 2. The van der Waals surface area contributed by atoms with Crippen molar-refractivity contribution in [3.05, 3.63) is 59.2 Å². The lowest BCUT2D eigenvalue weighted by Crippen LogP contribution is -2.45. The number of amides is 1. The third-order valence-corrected chi connectivity index (χ3v) is 7.73. The molecule has 1 amide bonds. The Hall–Kier alpha value is -2.90. The fourth-order valence-corrected chi connectivity index (χ4v) is 5.94. The number of ether oxygens (including phenoxy) is 1. The predicted molar refractivity (Wildman–Crippen MR) is 159 cm³/mol. The van der Waals surface area contributed by atoms with Crippen LogP contribution >= 0.6 is 0 Å². The minimum Gasteiger partial charge on any atom is -0.456 e. The quantitative estimate of drug-likeness (QED) is 0.490. The molecule has 1 unspecified atom stereocenters. The van der Waals surface area contributed by atoms with Gasteiger partial charge in [-0.3, -0.25) is 4.79 Å². The highest BCUT2D eigenvalue weighted by Gasteiger charge is 2.31. The topological polar surface area (TPSA) is 73.9 Å². The van der Waals surface area contributed by atoms with Gasteiger partial charge in [0.05, 0.1) is 5.56 Å². The van der Waals surface area contributed by atoms with E-state index in [-0.39, 0.29) is 11.9 Å². The number of anilines is 2. The van der Waals surface area contributed by atoms with Gasteiger partial charge in [-0.1, -0.05) is 26.0 Å². The smallest absolute Gasteiger partial charge is 0.338 e. The first-order valence-electron chi connectivity index (χ1n) is 14.8. The van der Waals surface area contributed by atoms with E-state index in [1.165, 1.54) is 50.0 Å². The van der Waals surface area contributed by atoms with E-state index in [4.69, 9.17) is 4.74 Å². The van der Waals surface area contributed by atoms with Crippen LogP contribution in [0.2, 0.25) is 0 Å². The van der Waals surface area contributed by atoms with E-state index in [1.807, 2.05) is 34.6 Å². The number of carbonyl (C=O) groups excluding carboxylic acids is 2. The molecule has 7 nitrogen and oxygen atoms in total. The van der Waals surface area contributed by atoms with Crippen molar-refractivity contribution >= 4 is 23.3 Å². The molecule has 3 aliphatic heterocycles. The largest absolute Gasteiger partial charge is 0.456 e. The van der Waals surface area contributed by atoms with Crippen molar-refractivity contribution in [3.8, 4) is 0 Å². The second kappa shape index (κ2) is 13.0. The predicted octanol–water partition coefficient (Wildman–Crippen LogP) is 5.56. The molecule has 2 saturated heterocycles. The Balaban J connectivity index is 0.00000172. The number of likely N-dealkylation sites (tertiary alicyclic amines) is 1. The number of piperidine rings is 1. The van der Waals surface area contributed by atoms with Crippen molar-refractivity contribution in [2.45, 2.75) is 84.4 Å². The molecule has 39 heavy (non-hydrogen) atoms. The number of nitrogens with zero attached hydrogens (tertiary/aromatic N) is 2. The van der Waals surface area contributed by atoms with Gasteiger partial charge in [0.25, 0.3) is 0 Å². The zero-order valence-electron chi connectivity index (χ0n) is 24.4. The Bertz CT molecular complexity index is 1110. The van der Waals surface area contributed by atoms with Crippen molar-refractivity contribution in [1.82, 2.24) is 10.2 Å². The Morgan fingerprint density at radius 1 is 0.949 bits per heavy atom. The van der Waals surface area contributed by atoms with Crippen LogP contribution in [0.3, 0.4) is 0 Å². The molecule has 1 atom stereocenters. The first-order chi connectivity index (χ1) is 18.8. The van der Waals surface area contributed by atoms with Crippen molar-refractivity contribution in [2.24, 2.45) is 0 Å². The van der Waals surface area contributed by atoms with Gasteiger partial charge in [0.2, 0.25) is 5.91 Å². The van der Waals surface area contributed by atoms with E-state index < -0.39 is 11.6 Å². The van der Waals surface area contributed by atoms with Crippen molar-refractivity contribution in [2.75, 3.05) is 42.9 Å². The van der Waals surface area contributed by atoms with Gasteiger partial charge in [-0.25, -0.2) is 4.79 Å². The number of nitrogens with one attached hydrogen (secondary N) is 2. The van der Waals surface area contributed by atoms with Gasteiger partial charge in [-0.15, -0.1) is 0 Å². The first kappa shape index (κ1) is 29.1. The lowest BCUT2D eigenvalue weighted by molar-refractivity contribution is -0.118. The molecular weight excluding hydrogens is 488 g/mol. The van der Waals surface area contributed by atoms with Crippen LogP contribution in [0.15, 0.2) is 42.5 Å². The van der Waals surface area contributed by atoms with Crippen LogP contribution in [0.25, 0.3) is 0 Å². The van der Waals surface area contributed by atoms with Gasteiger partial charge in [0, 0.05) is 37.1 Å². The molecule has 2 aromatic rings. The average Bonchev–Trinajstić information content (AvgIpc) is 3.48. The summed E-state index contributed by atoms with van der Waals surface area (Å²) in [6.07, 6.45) is 6.04. The summed E-state index contributed by atoms with van der Waals surface area (Å²) in [5, 5.41) is 6.44. The number of hydrogen-bond acceptors (Lipinski definition) is 6. The van der Waals surface area contributed by atoms with Crippen molar-refractivity contribution in [3.63, 3.8) is 0 Å². The molecule has 0 aromatic heterocycles. The second-order valence-electron chi connectivity index (χ2n) is 11.5. The molecule has 2 fully saturated rings. The minimum atomic E-state index is -0.549. The molecule has 0 spiro atoms.